The lowest BCUT2D eigenvalue weighted by atomic mass is 10.2. The van der Waals surface area contributed by atoms with Crippen LogP contribution >= 0.6 is 0 Å². The summed E-state index contributed by atoms with van der Waals surface area (Å²) in [7, 11) is 0. The first-order valence-corrected chi connectivity index (χ1v) is 4.58. The van der Waals surface area contributed by atoms with Gasteiger partial charge in [0.25, 0.3) is 0 Å². The first-order valence-electron chi connectivity index (χ1n) is 4.58. The van der Waals surface area contributed by atoms with Crippen molar-refractivity contribution in [1.82, 2.24) is 9.97 Å². The number of nitrogens with one attached hydrogen (secondary N) is 1. The molecule has 1 aromatic rings. The maximum atomic E-state index is 9.53. The number of nitrogens with zero attached hydrogens (tertiary/aromatic N) is 2. The van der Waals surface area contributed by atoms with Gasteiger partial charge in [-0.1, -0.05) is 0 Å². The van der Waals surface area contributed by atoms with Crippen LogP contribution in [0.15, 0.2) is 18.5 Å². The van der Waals surface area contributed by atoms with Crippen LogP contribution in [0.1, 0.15) is 19.3 Å². The normalized spacial score (nSPS) is 27.5. The van der Waals surface area contributed by atoms with Gasteiger partial charge in [0.2, 0.25) is 5.95 Å². The van der Waals surface area contributed by atoms with E-state index < -0.39 is 0 Å². The van der Waals surface area contributed by atoms with Crippen molar-refractivity contribution in [2.24, 2.45) is 0 Å². The third kappa shape index (κ3) is 1.95. The molecule has 1 aromatic heterocycles. The van der Waals surface area contributed by atoms with Gasteiger partial charge < -0.3 is 10.4 Å². The Bertz CT molecular complexity index is 265. The van der Waals surface area contributed by atoms with E-state index in [9.17, 15) is 5.11 Å². The minimum atomic E-state index is -0.246. The minimum Gasteiger partial charge on any atom is -0.391 e. The Hall–Kier alpha value is -1.16. The first kappa shape index (κ1) is 8.44. The smallest absolute Gasteiger partial charge is 0.222 e. The molecule has 4 heteroatoms. The fourth-order valence-corrected chi connectivity index (χ4v) is 1.65. The number of hydrogen-bond acceptors (Lipinski definition) is 4. The second-order valence-electron chi connectivity index (χ2n) is 3.32. The SMILES string of the molecule is OC1CCCC1Nc1ncccn1. The summed E-state index contributed by atoms with van der Waals surface area (Å²) in [5.41, 5.74) is 0. The second kappa shape index (κ2) is 3.70. The number of aliphatic hydroxyl groups is 1. The molecule has 0 amide bonds. The van der Waals surface area contributed by atoms with Crippen molar-refractivity contribution < 1.29 is 5.11 Å². The molecule has 0 saturated heterocycles. The molecule has 1 aliphatic carbocycles. The van der Waals surface area contributed by atoms with Crippen LogP contribution in [0.3, 0.4) is 0 Å². The molecule has 4 nitrogen and oxygen atoms in total. The summed E-state index contributed by atoms with van der Waals surface area (Å²) in [5, 5.41) is 12.7. The lowest BCUT2D eigenvalue weighted by Crippen LogP contribution is -2.28. The van der Waals surface area contributed by atoms with Gasteiger partial charge in [0.15, 0.2) is 0 Å². The Morgan fingerprint density at radius 1 is 1.31 bits per heavy atom. The van der Waals surface area contributed by atoms with Gasteiger partial charge in [-0.3, -0.25) is 0 Å². The van der Waals surface area contributed by atoms with Crippen LogP contribution in [0.5, 0.6) is 0 Å². The van der Waals surface area contributed by atoms with Gasteiger partial charge >= 0.3 is 0 Å². The van der Waals surface area contributed by atoms with Crippen LogP contribution in [0.2, 0.25) is 0 Å². The Labute approximate surface area is 77.0 Å². The molecule has 1 saturated carbocycles. The van der Waals surface area contributed by atoms with Gasteiger partial charge in [-0.25, -0.2) is 9.97 Å². The van der Waals surface area contributed by atoms with Gasteiger partial charge in [-0.05, 0) is 25.3 Å². The number of hydrogen-bond donors (Lipinski definition) is 2. The number of rotatable bonds is 2. The highest BCUT2D eigenvalue weighted by atomic mass is 16.3. The van der Waals surface area contributed by atoms with E-state index in [1.54, 1.807) is 18.5 Å². The zero-order chi connectivity index (χ0) is 9.10. The quantitative estimate of drug-likeness (QED) is 0.705. The molecule has 0 bridgehead atoms. The van der Waals surface area contributed by atoms with E-state index >= 15 is 0 Å². The average molecular weight is 179 g/mol. The van der Waals surface area contributed by atoms with E-state index in [0.29, 0.717) is 5.95 Å². The summed E-state index contributed by atoms with van der Waals surface area (Å²) in [6.45, 7) is 0. The molecule has 1 aliphatic rings. The zero-order valence-electron chi connectivity index (χ0n) is 7.35. The van der Waals surface area contributed by atoms with E-state index in [0.717, 1.165) is 19.3 Å². The van der Waals surface area contributed by atoms with Crippen molar-refractivity contribution in [3.63, 3.8) is 0 Å². The fraction of sp³-hybridized carbons (Fsp3) is 0.556. The first-order chi connectivity index (χ1) is 6.36. The van der Waals surface area contributed by atoms with Crippen molar-refractivity contribution in [3.8, 4) is 0 Å². The number of aliphatic hydroxyl groups excluding tert-OH is 1. The van der Waals surface area contributed by atoms with Crippen LogP contribution in [-0.2, 0) is 0 Å². The van der Waals surface area contributed by atoms with Crippen molar-refractivity contribution in [1.29, 1.82) is 0 Å². The molecule has 0 aliphatic heterocycles. The van der Waals surface area contributed by atoms with Gasteiger partial charge in [0, 0.05) is 12.4 Å². The molecule has 2 atom stereocenters. The molecule has 0 aromatic carbocycles. The van der Waals surface area contributed by atoms with Gasteiger partial charge in [0.05, 0.1) is 12.1 Å². The van der Waals surface area contributed by atoms with Gasteiger partial charge in [-0.2, -0.15) is 0 Å². The molecular formula is C9H13N3O. The van der Waals surface area contributed by atoms with Crippen LogP contribution in [0.4, 0.5) is 5.95 Å². The predicted molar refractivity (Wildman–Crippen MR) is 49.3 cm³/mol. The number of aromatic nitrogens is 2. The standard InChI is InChI=1S/C9H13N3O/c13-8-4-1-3-7(8)12-9-10-5-2-6-11-9/h2,5-8,13H,1,3-4H2,(H,10,11,12). The Morgan fingerprint density at radius 3 is 2.69 bits per heavy atom. The highest BCUT2D eigenvalue weighted by Gasteiger charge is 2.25. The predicted octanol–water partition coefficient (Wildman–Crippen LogP) is 0.802. The van der Waals surface area contributed by atoms with Crippen LogP contribution in [0.25, 0.3) is 0 Å². The van der Waals surface area contributed by atoms with Crippen molar-refractivity contribution >= 4 is 5.95 Å². The maximum Gasteiger partial charge on any atom is 0.222 e. The van der Waals surface area contributed by atoms with Gasteiger partial charge in [0.1, 0.15) is 0 Å². The van der Waals surface area contributed by atoms with Crippen molar-refractivity contribution in [3.05, 3.63) is 18.5 Å². The van der Waals surface area contributed by atoms with Crippen molar-refractivity contribution in [2.75, 3.05) is 5.32 Å². The van der Waals surface area contributed by atoms with E-state index in [1.165, 1.54) is 0 Å². The average Bonchev–Trinajstić information content (AvgIpc) is 2.54. The number of anilines is 1. The molecule has 13 heavy (non-hydrogen) atoms. The highest BCUT2D eigenvalue weighted by Crippen LogP contribution is 2.21. The fourth-order valence-electron chi connectivity index (χ4n) is 1.65. The molecule has 0 spiro atoms. The minimum absolute atomic E-state index is 0.127. The van der Waals surface area contributed by atoms with E-state index in [2.05, 4.69) is 15.3 Å². The third-order valence-corrected chi connectivity index (χ3v) is 2.36. The molecule has 70 valence electrons. The molecular weight excluding hydrogens is 166 g/mol. The molecule has 2 unspecified atom stereocenters. The van der Waals surface area contributed by atoms with E-state index in [1.807, 2.05) is 0 Å². The largest absolute Gasteiger partial charge is 0.391 e. The summed E-state index contributed by atoms with van der Waals surface area (Å²) in [6.07, 6.45) is 6.09. The van der Waals surface area contributed by atoms with Crippen LogP contribution < -0.4 is 5.32 Å². The highest BCUT2D eigenvalue weighted by molar-refractivity contribution is 5.25. The molecule has 2 rings (SSSR count). The zero-order valence-corrected chi connectivity index (χ0v) is 7.35. The summed E-state index contributed by atoms with van der Waals surface area (Å²) >= 11 is 0. The maximum absolute atomic E-state index is 9.53. The molecule has 1 heterocycles. The van der Waals surface area contributed by atoms with Gasteiger partial charge in [-0.15, -0.1) is 0 Å². The van der Waals surface area contributed by atoms with E-state index in [-0.39, 0.29) is 12.1 Å². The summed E-state index contributed by atoms with van der Waals surface area (Å²) in [5.74, 6) is 0.605. The summed E-state index contributed by atoms with van der Waals surface area (Å²) in [6, 6.07) is 1.90. The van der Waals surface area contributed by atoms with Crippen molar-refractivity contribution in [2.45, 2.75) is 31.4 Å². The van der Waals surface area contributed by atoms with E-state index in [4.69, 9.17) is 0 Å². The van der Waals surface area contributed by atoms with Crippen LogP contribution in [0, 0.1) is 0 Å². The topological polar surface area (TPSA) is 58.0 Å². The monoisotopic (exact) mass is 179 g/mol. The molecule has 1 fully saturated rings. The Kier molecular flexibility index (Phi) is 2.40. The molecule has 0 radical (unpaired) electrons. The lowest BCUT2D eigenvalue weighted by Gasteiger charge is -2.15. The van der Waals surface area contributed by atoms with Crippen LogP contribution in [-0.4, -0.2) is 27.2 Å². The lowest BCUT2D eigenvalue weighted by molar-refractivity contribution is 0.171. The Morgan fingerprint density at radius 2 is 2.08 bits per heavy atom. The molecule has 2 N–H and O–H groups in total. The summed E-state index contributed by atoms with van der Waals surface area (Å²) < 4.78 is 0. The third-order valence-electron chi connectivity index (χ3n) is 2.36. The Balaban J connectivity index is 1.98. The summed E-state index contributed by atoms with van der Waals surface area (Å²) in [4.78, 5) is 8.09. The second-order valence-corrected chi connectivity index (χ2v) is 3.32.